The van der Waals surface area contributed by atoms with Crippen LogP contribution in [0.1, 0.15) is 11.1 Å². The molecule has 8 nitrogen and oxygen atoms in total. The van der Waals surface area contributed by atoms with Gasteiger partial charge >= 0.3 is 0 Å². The number of pyridine rings is 1. The third kappa shape index (κ3) is 3.27. The lowest BCUT2D eigenvalue weighted by Gasteiger charge is -2.30. The summed E-state index contributed by atoms with van der Waals surface area (Å²) >= 11 is 0. The van der Waals surface area contributed by atoms with Crippen molar-refractivity contribution in [2.24, 2.45) is 0 Å². The Morgan fingerprint density at radius 2 is 2.07 bits per heavy atom. The number of fused-ring (bicyclic) bond motifs is 2. The highest BCUT2D eigenvalue weighted by Gasteiger charge is 2.20. The van der Waals surface area contributed by atoms with Gasteiger partial charge < -0.3 is 24.0 Å². The van der Waals surface area contributed by atoms with Gasteiger partial charge in [0.2, 0.25) is 0 Å². The summed E-state index contributed by atoms with van der Waals surface area (Å²) in [5.74, 6) is 1.42. The lowest BCUT2D eigenvalue weighted by molar-refractivity contribution is 0.188. The van der Waals surface area contributed by atoms with Crippen LogP contribution >= 0.6 is 0 Å². The zero-order chi connectivity index (χ0) is 19.7. The number of hydrogen-bond acceptors (Lipinski definition) is 7. The summed E-state index contributed by atoms with van der Waals surface area (Å²) in [4.78, 5) is 22.9. The molecular weight excluding hydrogens is 360 g/mol. The molecule has 0 spiro atoms. The first-order valence-corrected chi connectivity index (χ1v) is 9.09. The van der Waals surface area contributed by atoms with Crippen molar-refractivity contribution in [3.63, 3.8) is 0 Å². The second-order valence-electron chi connectivity index (χ2n) is 6.74. The van der Waals surface area contributed by atoms with Crippen LogP contribution in [-0.2, 0) is 24.2 Å². The molecule has 8 heteroatoms. The van der Waals surface area contributed by atoms with Crippen LogP contribution < -0.4 is 15.2 Å². The maximum atomic E-state index is 12.1. The maximum Gasteiger partial charge on any atom is 0.282 e. The zero-order valence-corrected chi connectivity index (χ0v) is 15.9. The fraction of sp³-hybridized carbons (Fsp3) is 0.350. The van der Waals surface area contributed by atoms with Crippen molar-refractivity contribution >= 4 is 16.9 Å². The van der Waals surface area contributed by atoms with E-state index in [-0.39, 0.29) is 11.3 Å². The molecule has 4 rings (SSSR count). The Balaban J connectivity index is 1.70. The Hall–Kier alpha value is -3.13. The zero-order valence-electron chi connectivity index (χ0n) is 15.9. The second-order valence-corrected chi connectivity index (χ2v) is 6.74. The van der Waals surface area contributed by atoms with Crippen LogP contribution in [0.3, 0.4) is 0 Å². The number of anilines is 1. The second kappa shape index (κ2) is 7.47. The minimum Gasteiger partial charge on any atom is -0.504 e. The molecule has 0 amide bonds. The predicted octanol–water partition coefficient (Wildman–Crippen LogP) is 1.71. The highest BCUT2D eigenvalue weighted by molar-refractivity contribution is 5.76. The molecule has 0 saturated carbocycles. The van der Waals surface area contributed by atoms with Crippen LogP contribution in [0.4, 0.5) is 5.82 Å². The van der Waals surface area contributed by atoms with Gasteiger partial charge in [-0.05, 0) is 41.8 Å². The highest BCUT2D eigenvalue weighted by atomic mass is 16.5. The van der Waals surface area contributed by atoms with Crippen LogP contribution in [0.15, 0.2) is 35.4 Å². The van der Waals surface area contributed by atoms with E-state index in [1.807, 2.05) is 16.7 Å². The minimum absolute atomic E-state index is 0.160. The van der Waals surface area contributed by atoms with Gasteiger partial charge in [-0.1, -0.05) is 0 Å². The van der Waals surface area contributed by atoms with Gasteiger partial charge in [0.1, 0.15) is 17.8 Å². The van der Waals surface area contributed by atoms with E-state index in [1.165, 1.54) is 6.33 Å². The molecule has 146 valence electrons. The first-order valence-electron chi connectivity index (χ1n) is 9.09. The van der Waals surface area contributed by atoms with Crippen molar-refractivity contribution in [3.05, 3.63) is 52.1 Å². The van der Waals surface area contributed by atoms with Crippen LogP contribution in [0.5, 0.6) is 11.5 Å². The molecule has 0 bridgehead atoms. The van der Waals surface area contributed by atoms with Crippen molar-refractivity contribution in [1.82, 2.24) is 14.5 Å². The summed E-state index contributed by atoms with van der Waals surface area (Å²) in [5.41, 5.74) is 2.52. The SMILES string of the molecule is COCCn1cnc(=O)c2ccc(N3CCc4cc(O)c(OC)cc4C3)nc21. The quantitative estimate of drug-likeness (QED) is 0.718. The lowest BCUT2D eigenvalue weighted by atomic mass is 9.99. The molecule has 0 saturated heterocycles. The van der Waals surface area contributed by atoms with Gasteiger partial charge in [0.05, 0.1) is 19.1 Å². The minimum atomic E-state index is -0.285. The van der Waals surface area contributed by atoms with Crippen molar-refractivity contribution in [2.75, 3.05) is 32.3 Å². The maximum absolute atomic E-state index is 12.1. The van der Waals surface area contributed by atoms with Gasteiger partial charge in [0.15, 0.2) is 11.5 Å². The molecule has 3 heterocycles. The van der Waals surface area contributed by atoms with Gasteiger partial charge in [-0.25, -0.2) is 4.98 Å². The number of phenols is 1. The molecule has 1 aliphatic heterocycles. The normalized spacial score (nSPS) is 13.6. The molecule has 0 radical (unpaired) electrons. The van der Waals surface area contributed by atoms with E-state index in [2.05, 4.69) is 9.88 Å². The number of ether oxygens (including phenoxy) is 2. The largest absolute Gasteiger partial charge is 0.504 e. The van der Waals surface area contributed by atoms with Gasteiger partial charge in [-0.15, -0.1) is 0 Å². The van der Waals surface area contributed by atoms with E-state index in [0.717, 1.165) is 29.9 Å². The summed E-state index contributed by atoms with van der Waals surface area (Å²) in [7, 11) is 3.18. The molecule has 0 aliphatic carbocycles. The molecule has 28 heavy (non-hydrogen) atoms. The Morgan fingerprint density at radius 1 is 1.21 bits per heavy atom. The van der Waals surface area contributed by atoms with Crippen LogP contribution in [0.25, 0.3) is 11.0 Å². The summed E-state index contributed by atoms with van der Waals surface area (Å²) in [6.07, 6.45) is 2.30. The van der Waals surface area contributed by atoms with Crippen LogP contribution in [0, 0.1) is 0 Å². The summed E-state index contributed by atoms with van der Waals surface area (Å²) in [5, 5.41) is 10.5. The van der Waals surface area contributed by atoms with E-state index in [9.17, 15) is 9.90 Å². The smallest absolute Gasteiger partial charge is 0.282 e. The first-order chi connectivity index (χ1) is 13.6. The van der Waals surface area contributed by atoms with E-state index in [1.54, 1.807) is 26.4 Å². The summed E-state index contributed by atoms with van der Waals surface area (Å²) in [6.45, 7) is 2.49. The number of aromatic nitrogens is 3. The van der Waals surface area contributed by atoms with Gasteiger partial charge in [0.25, 0.3) is 5.56 Å². The summed E-state index contributed by atoms with van der Waals surface area (Å²) < 4.78 is 12.2. The molecule has 1 aromatic carbocycles. The standard InChI is InChI=1S/C20H22N4O4/c1-27-8-7-24-12-21-20(26)15-3-4-18(22-19(15)24)23-6-5-13-9-16(25)17(28-2)10-14(13)11-23/h3-4,9-10,12,25H,5-8,11H2,1-2H3. The number of aromatic hydroxyl groups is 1. The molecule has 0 atom stereocenters. The van der Waals surface area contributed by atoms with Crippen LogP contribution in [-0.4, -0.2) is 47.0 Å². The average Bonchev–Trinajstić information content (AvgIpc) is 2.72. The fourth-order valence-corrected chi connectivity index (χ4v) is 3.53. The number of phenolic OH excluding ortho intramolecular Hbond substituents is 1. The van der Waals surface area contributed by atoms with Gasteiger partial charge in [0, 0.05) is 26.7 Å². The van der Waals surface area contributed by atoms with E-state index < -0.39 is 0 Å². The number of benzene rings is 1. The molecule has 0 unspecified atom stereocenters. The third-order valence-electron chi connectivity index (χ3n) is 5.05. The Kier molecular flexibility index (Phi) is 4.87. The molecular formula is C20H22N4O4. The van der Waals surface area contributed by atoms with E-state index >= 15 is 0 Å². The van der Waals surface area contributed by atoms with Crippen molar-refractivity contribution < 1.29 is 14.6 Å². The average molecular weight is 382 g/mol. The van der Waals surface area contributed by atoms with Crippen molar-refractivity contribution in [2.45, 2.75) is 19.5 Å². The van der Waals surface area contributed by atoms with Crippen LogP contribution in [0.2, 0.25) is 0 Å². The van der Waals surface area contributed by atoms with Crippen molar-refractivity contribution in [1.29, 1.82) is 0 Å². The Labute approximate surface area is 162 Å². The summed E-state index contributed by atoms with van der Waals surface area (Å²) in [6, 6.07) is 7.28. The molecule has 1 N–H and O–H groups in total. The molecule has 2 aromatic heterocycles. The number of hydrogen-bond donors (Lipinski definition) is 1. The third-order valence-corrected chi connectivity index (χ3v) is 5.05. The highest BCUT2D eigenvalue weighted by Crippen LogP contribution is 2.33. The number of methoxy groups -OCH3 is 2. The Bertz CT molecular complexity index is 1080. The number of nitrogens with zero attached hydrogens (tertiary/aromatic N) is 4. The first kappa shape index (κ1) is 18.2. The molecule has 3 aromatic rings. The number of rotatable bonds is 5. The monoisotopic (exact) mass is 382 g/mol. The topological polar surface area (TPSA) is 89.7 Å². The fourth-order valence-electron chi connectivity index (χ4n) is 3.53. The van der Waals surface area contributed by atoms with Crippen molar-refractivity contribution in [3.8, 4) is 11.5 Å². The molecule has 1 aliphatic rings. The van der Waals surface area contributed by atoms with E-state index in [0.29, 0.717) is 36.5 Å². The molecule has 0 fully saturated rings. The Morgan fingerprint density at radius 3 is 2.86 bits per heavy atom. The van der Waals surface area contributed by atoms with Gasteiger partial charge in [-0.2, -0.15) is 4.98 Å². The van der Waals surface area contributed by atoms with Gasteiger partial charge in [-0.3, -0.25) is 4.79 Å². The van der Waals surface area contributed by atoms with E-state index in [4.69, 9.17) is 14.5 Å². The lowest BCUT2D eigenvalue weighted by Crippen LogP contribution is -2.31. The predicted molar refractivity (Wildman–Crippen MR) is 105 cm³/mol.